The van der Waals surface area contributed by atoms with E-state index >= 15 is 0 Å². The predicted octanol–water partition coefficient (Wildman–Crippen LogP) is 2.09. The first kappa shape index (κ1) is 8.73. The van der Waals surface area contributed by atoms with Gasteiger partial charge >= 0.3 is 0 Å². The summed E-state index contributed by atoms with van der Waals surface area (Å²) in [5.74, 6) is 6.19. The van der Waals surface area contributed by atoms with Gasteiger partial charge in [-0.1, -0.05) is 31.2 Å². The second-order valence-electron chi connectivity index (χ2n) is 3.83. The third-order valence-corrected chi connectivity index (χ3v) is 2.99. The van der Waals surface area contributed by atoms with Crippen LogP contribution >= 0.6 is 0 Å². The lowest BCUT2D eigenvalue weighted by Gasteiger charge is -2.29. The highest BCUT2D eigenvalue weighted by atomic mass is 15.2. The summed E-state index contributed by atoms with van der Waals surface area (Å²) in [6.07, 6.45) is 2.38. The van der Waals surface area contributed by atoms with Crippen molar-refractivity contribution in [1.82, 2.24) is 5.43 Å². The average Bonchev–Trinajstić information content (AvgIpc) is 2.19. The number of rotatable bonds is 1. The number of hydrogen-bond acceptors (Lipinski definition) is 2. The van der Waals surface area contributed by atoms with Crippen LogP contribution in [0.4, 0.5) is 0 Å². The Balaban J connectivity index is 2.42. The van der Waals surface area contributed by atoms with E-state index in [4.69, 9.17) is 5.84 Å². The van der Waals surface area contributed by atoms with Crippen LogP contribution in [0, 0.1) is 0 Å². The van der Waals surface area contributed by atoms with Crippen LogP contribution < -0.4 is 11.3 Å². The lowest BCUT2D eigenvalue weighted by atomic mass is 9.81. The van der Waals surface area contributed by atoms with E-state index < -0.39 is 0 Å². The SMILES string of the molecule is CC1CCC(NN)c2ccccc21. The van der Waals surface area contributed by atoms with Gasteiger partial charge in [0.1, 0.15) is 0 Å². The molecule has 2 heteroatoms. The van der Waals surface area contributed by atoms with Crippen molar-refractivity contribution in [3.8, 4) is 0 Å². The molecule has 0 radical (unpaired) electrons. The topological polar surface area (TPSA) is 38.0 Å². The van der Waals surface area contributed by atoms with E-state index in [1.54, 1.807) is 0 Å². The summed E-state index contributed by atoms with van der Waals surface area (Å²) >= 11 is 0. The van der Waals surface area contributed by atoms with Gasteiger partial charge in [-0.2, -0.15) is 0 Å². The molecule has 0 saturated carbocycles. The number of benzene rings is 1. The van der Waals surface area contributed by atoms with Crippen LogP contribution in [0.2, 0.25) is 0 Å². The van der Waals surface area contributed by atoms with Crippen LogP contribution in [0.25, 0.3) is 0 Å². The Morgan fingerprint density at radius 2 is 1.92 bits per heavy atom. The van der Waals surface area contributed by atoms with Gasteiger partial charge in [-0.15, -0.1) is 0 Å². The average molecular weight is 176 g/mol. The molecule has 0 spiro atoms. The number of hydrazine groups is 1. The molecule has 1 aromatic rings. The first-order valence-electron chi connectivity index (χ1n) is 4.88. The van der Waals surface area contributed by atoms with Crippen LogP contribution in [0.5, 0.6) is 0 Å². The van der Waals surface area contributed by atoms with Crippen LogP contribution in [-0.2, 0) is 0 Å². The van der Waals surface area contributed by atoms with Crippen molar-refractivity contribution >= 4 is 0 Å². The first-order valence-corrected chi connectivity index (χ1v) is 4.88. The Hall–Kier alpha value is -0.860. The largest absolute Gasteiger partial charge is 0.271 e. The number of nitrogens with two attached hydrogens (primary N) is 1. The lowest BCUT2D eigenvalue weighted by Crippen LogP contribution is -2.31. The molecule has 1 aromatic carbocycles. The Kier molecular flexibility index (Phi) is 2.34. The van der Waals surface area contributed by atoms with Gasteiger partial charge in [-0.05, 0) is 29.9 Å². The molecule has 0 bridgehead atoms. The minimum absolute atomic E-state index is 0.354. The molecule has 13 heavy (non-hydrogen) atoms. The molecule has 2 atom stereocenters. The molecule has 3 N–H and O–H groups in total. The zero-order valence-corrected chi connectivity index (χ0v) is 7.96. The van der Waals surface area contributed by atoms with Crippen LogP contribution in [-0.4, -0.2) is 0 Å². The smallest absolute Gasteiger partial charge is 0.0463 e. The molecule has 2 unspecified atom stereocenters. The van der Waals surface area contributed by atoms with Gasteiger partial charge in [0.25, 0.3) is 0 Å². The summed E-state index contributed by atoms with van der Waals surface area (Å²) < 4.78 is 0. The minimum Gasteiger partial charge on any atom is -0.271 e. The van der Waals surface area contributed by atoms with Crippen molar-refractivity contribution in [2.24, 2.45) is 5.84 Å². The fourth-order valence-electron chi connectivity index (χ4n) is 2.18. The Bertz CT molecular complexity index is 296. The summed E-state index contributed by atoms with van der Waals surface area (Å²) in [5, 5.41) is 0. The Labute approximate surface area is 79.1 Å². The highest BCUT2D eigenvalue weighted by Gasteiger charge is 2.22. The molecular weight excluding hydrogens is 160 g/mol. The maximum absolute atomic E-state index is 5.51. The molecule has 0 aliphatic heterocycles. The fraction of sp³-hybridized carbons (Fsp3) is 0.455. The predicted molar refractivity (Wildman–Crippen MR) is 54.2 cm³/mol. The molecule has 1 aliphatic carbocycles. The fourth-order valence-corrected chi connectivity index (χ4v) is 2.18. The zero-order chi connectivity index (χ0) is 9.26. The highest BCUT2D eigenvalue weighted by molar-refractivity contribution is 5.34. The zero-order valence-electron chi connectivity index (χ0n) is 7.96. The number of hydrogen-bond donors (Lipinski definition) is 2. The van der Waals surface area contributed by atoms with E-state index in [0.29, 0.717) is 12.0 Å². The summed E-state index contributed by atoms with van der Waals surface area (Å²) in [7, 11) is 0. The van der Waals surface area contributed by atoms with Crippen LogP contribution in [0.15, 0.2) is 24.3 Å². The molecular formula is C11H16N2. The van der Waals surface area contributed by atoms with Gasteiger partial charge in [0.15, 0.2) is 0 Å². The minimum atomic E-state index is 0.354. The van der Waals surface area contributed by atoms with Gasteiger partial charge < -0.3 is 0 Å². The summed E-state index contributed by atoms with van der Waals surface area (Å²) in [6.45, 7) is 2.28. The number of nitrogens with one attached hydrogen (secondary N) is 1. The summed E-state index contributed by atoms with van der Waals surface area (Å²) in [5.41, 5.74) is 5.71. The maximum atomic E-state index is 5.51. The van der Waals surface area contributed by atoms with E-state index in [1.165, 1.54) is 17.5 Å². The van der Waals surface area contributed by atoms with Crippen molar-refractivity contribution in [3.05, 3.63) is 35.4 Å². The monoisotopic (exact) mass is 176 g/mol. The molecule has 70 valence electrons. The molecule has 0 heterocycles. The van der Waals surface area contributed by atoms with Crippen molar-refractivity contribution in [2.75, 3.05) is 0 Å². The van der Waals surface area contributed by atoms with Gasteiger partial charge in [-0.3, -0.25) is 11.3 Å². The van der Waals surface area contributed by atoms with Crippen LogP contribution in [0.1, 0.15) is 42.9 Å². The lowest BCUT2D eigenvalue weighted by molar-refractivity contribution is 0.441. The van der Waals surface area contributed by atoms with E-state index in [-0.39, 0.29) is 0 Å². The normalized spacial score (nSPS) is 26.9. The van der Waals surface area contributed by atoms with Gasteiger partial charge in [0.05, 0.1) is 0 Å². The van der Waals surface area contributed by atoms with Crippen molar-refractivity contribution in [2.45, 2.75) is 31.7 Å². The highest BCUT2D eigenvalue weighted by Crippen LogP contribution is 2.36. The Morgan fingerprint density at radius 3 is 2.62 bits per heavy atom. The van der Waals surface area contributed by atoms with Crippen molar-refractivity contribution < 1.29 is 0 Å². The van der Waals surface area contributed by atoms with Crippen LogP contribution in [0.3, 0.4) is 0 Å². The van der Waals surface area contributed by atoms with E-state index in [0.717, 1.165) is 6.42 Å². The van der Waals surface area contributed by atoms with E-state index in [2.05, 4.69) is 36.6 Å². The van der Waals surface area contributed by atoms with E-state index in [1.807, 2.05) is 0 Å². The van der Waals surface area contributed by atoms with Crippen molar-refractivity contribution in [1.29, 1.82) is 0 Å². The third kappa shape index (κ3) is 1.47. The standard InChI is InChI=1S/C11H16N2/c1-8-6-7-11(13-12)10-5-3-2-4-9(8)10/h2-5,8,11,13H,6-7,12H2,1H3. The maximum Gasteiger partial charge on any atom is 0.0463 e. The van der Waals surface area contributed by atoms with Crippen molar-refractivity contribution in [3.63, 3.8) is 0 Å². The molecule has 1 aliphatic rings. The van der Waals surface area contributed by atoms with Gasteiger partial charge in [0, 0.05) is 6.04 Å². The Morgan fingerprint density at radius 1 is 1.23 bits per heavy atom. The van der Waals surface area contributed by atoms with Gasteiger partial charge in [-0.25, -0.2) is 0 Å². The quantitative estimate of drug-likeness (QED) is 0.508. The molecule has 0 aromatic heterocycles. The first-order chi connectivity index (χ1) is 6.33. The molecule has 2 nitrogen and oxygen atoms in total. The molecule has 0 fully saturated rings. The summed E-state index contributed by atoms with van der Waals surface area (Å²) in [6, 6.07) is 8.93. The molecule has 2 rings (SSSR count). The van der Waals surface area contributed by atoms with E-state index in [9.17, 15) is 0 Å². The second-order valence-corrected chi connectivity index (χ2v) is 3.83. The van der Waals surface area contributed by atoms with Gasteiger partial charge in [0.2, 0.25) is 0 Å². The second kappa shape index (κ2) is 3.48. The molecule has 0 amide bonds. The molecule has 0 saturated heterocycles. The third-order valence-electron chi connectivity index (χ3n) is 2.99. The summed E-state index contributed by atoms with van der Waals surface area (Å²) in [4.78, 5) is 0. The number of fused-ring (bicyclic) bond motifs is 1.